The summed E-state index contributed by atoms with van der Waals surface area (Å²) in [5.74, 6) is -0.310. The fourth-order valence-corrected chi connectivity index (χ4v) is 7.23. The zero-order valence-corrected chi connectivity index (χ0v) is 24.9. The molecule has 210 valence electrons. The fourth-order valence-electron chi connectivity index (χ4n) is 5.07. The number of hydrogen-bond acceptors (Lipinski definition) is 6. The van der Waals surface area contributed by atoms with Gasteiger partial charge in [-0.15, -0.1) is 11.3 Å². The number of rotatable bonds is 7. The van der Waals surface area contributed by atoms with Crippen molar-refractivity contribution in [3.63, 3.8) is 0 Å². The smallest absolute Gasteiger partial charge is 0.265 e. The van der Waals surface area contributed by atoms with Crippen LogP contribution in [0.1, 0.15) is 40.1 Å². The molecule has 8 heteroatoms. The monoisotopic (exact) mass is 592 g/mol. The second-order valence-electron chi connectivity index (χ2n) is 10.1. The molecule has 0 spiro atoms. The summed E-state index contributed by atoms with van der Waals surface area (Å²) in [7, 11) is -4.13. The van der Waals surface area contributed by atoms with E-state index in [1.807, 2.05) is 75.4 Å². The number of carbonyl (C=O) groups is 1. The number of nitrogens with one attached hydrogen (secondary N) is 1. The molecule has 1 amide bonds. The molecule has 0 fully saturated rings. The predicted octanol–water partition coefficient (Wildman–Crippen LogP) is 7.99. The lowest BCUT2D eigenvalue weighted by Crippen LogP contribution is -2.31. The van der Waals surface area contributed by atoms with E-state index in [1.165, 1.54) is 12.1 Å². The first kappa shape index (κ1) is 27.6. The van der Waals surface area contributed by atoms with Crippen molar-refractivity contribution < 1.29 is 17.9 Å². The average molecular weight is 593 g/mol. The van der Waals surface area contributed by atoms with Crippen LogP contribution in [0.4, 0.5) is 0 Å². The molecule has 1 N–H and O–H groups in total. The van der Waals surface area contributed by atoms with E-state index in [1.54, 1.807) is 35.6 Å². The van der Waals surface area contributed by atoms with Crippen LogP contribution in [-0.2, 0) is 10.0 Å². The van der Waals surface area contributed by atoms with Gasteiger partial charge >= 0.3 is 0 Å². The minimum atomic E-state index is -4.13. The third-order valence-corrected chi connectivity index (χ3v) is 9.94. The molecule has 0 radical (unpaired) electrons. The standard InChI is InChI=1S/C34H28N2O4S2/c1-21-18-19-29(40-23(3)24-12-6-4-7-13-24)31-27(34(37)36-42(38,39)25-14-8-5-9-15-25)20-28(35-32(21)31)33-22(2)26-16-10-11-17-30(26)41-33/h4-20,23H,1-3H3,(H,36,37). The van der Waals surface area contributed by atoms with Gasteiger partial charge in [-0.05, 0) is 73.2 Å². The number of ether oxygens (including phenoxy) is 1. The first-order valence-electron chi connectivity index (χ1n) is 13.5. The van der Waals surface area contributed by atoms with Crippen molar-refractivity contribution in [1.29, 1.82) is 0 Å². The summed E-state index contributed by atoms with van der Waals surface area (Å²) in [5.41, 5.74) is 4.20. The van der Waals surface area contributed by atoms with Crippen molar-refractivity contribution in [2.75, 3.05) is 0 Å². The molecule has 6 rings (SSSR count). The van der Waals surface area contributed by atoms with Crippen molar-refractivity contribution in [3.8, 4) is 16.3 Å². The molecule has 42 heavy (non-hydrogen) atoms. The van der Waals surface area contributed by atoms with Gasteiger partial charge in [0, 0.05) is 4.70 Å². The van der Waals surface area contributed by atoms with Crippen molar-refractivity contribution in [2.24, 2.45) is 0 Å². The number of thiophene rings is 1. The van der Waals surface area contributed by atoms with Crippen LogP contribution >= 0.6 is 11.3 Å². The number of fused-ring (bicyclic) bond motifs is 2. The zero-order chi connectivity index (χ0) is 29.4. The maximum absolute atomic E-state index is 13.9. The second-order valence-corrected chi connectivity index (χ2v) is 12.9. The SMILES string of the molecule is Cc1c(-c2cc(C(=O)NS(=O)(=O)c3ccccc3)c3c(OC(C)c4ccccc4)ccc(C)c3n2)sc2ccccc12. The van der Waals surface area contributed by atoms with E-state index in [0.29, 0.717) is 22.3 Å². The Morgan fingerprint density at radius 2 is 1.55 bits per heavy atom. The van der Waals surface area contributed by atoms with Gasteiger partial charge in [-0.1, -0.05) is 72.8 Å². The molecular weight excluding hydrogens is 565 g/mol. The largest absolute Gasteiger partial charge is 0.485 e. The van der Waals surface area contributed by atoms with Gasteiger partial charge in [-0.25, -0.2) is 18.1 Å². The summed E-state index contributed by atoms with van der Waals surface area (Å²) >= 11 is 1.59. The van der Waals surface area contributed by atoms with Gasteiger partial charge in [-0.3, -0.25) is 4.79 Å². The van der Waals surface area contributed by atoms with Crippen LogP contribution in [0.5, 0.6) is 5.75 Å². The maximum Gasteiger partial charge on any atom is 0.265 e. The van der Waals surface area contributed by atoms with Gasteiger partial charge in [0.1, 0.15) is 11.9 Å². The van der Waals surface area contributed by atoms with Crippen LogP contribution in [0.2, 0.25) is 0 Å². The summed E-state index contributed by atoms with van der Waals surface area (Å²) in [5, 5.41) is 1.57. The highest BCUT2D eigenvalue weighted by atomic mass is 32.2. The molecule has 0 aliphatic rings. The van der Waals surface area contributed by atoms with Crippen molar-refractivity contribution in [2.45, 2.75) is 31.8 Å². The Balaban J connectivity index is 1.55. The Labute approximate surface area is 248 Å². The van der Waals surface area contributed by atoms with E-state index < -0.39 is 15.9 Å². The molecule has 0 aliphatic heterocycles. The Bertz CT molecular complexity index is 2050. The maximum atomic E-state index is 13.9. The highest BCUT2D eigenvalue weighted by Crippen LogP contribution is 2.41. The predicted molar refractivity (Wildman–Crippen MR) is 169 cm³/mol. The van der Waals surface area contributed by atoms with Crippen LogP contribution < -0.4 is 9.46 Å². The molecule has 0 saturated heterocycles. The Kier molecular flexibility index (Phi) is 7.26. The molecule has 4 aromatic carbocycles. The molecule has 1 atom stereocenters. The van der Waals surface area contributed by atoms with Crippen molar-refractivity contribution in [1.82, 2.24) is 9.71 Å². The molecule has 2 aromatic heterocycles. The van der Waals surface area contributed by atoms with E-state index in [2.05, 4.69) is 16.9 Å². The number of nitrogens with zero attached hydrogens (tertiary/aromatic N) is 1. The summed E-state index contributed by atoms with van der Waals surface area (Å²) in [4.78, 5) is 19.9. The van der Waals surface area contributed by atoms with Gasteiger partial charge in [0.15, 0.2) is 0 Å². The fraction of sp³-hybridized carbons (Fsp3) is 0.118. The van der Waals surface area contributed by atoms with E-state index in [-0.39, 0.29) is 16.6 Å². The highest BCUT2D eigenvalue weighted by molar-refractivity contribution is 7.90. The van der Waals surface area contributed by atoms with E-state index in [9.17, 15) is 13.2 Å². The summed E-state index contributed by atoms with van der Waals surface area (Å²) in [6, 6.07) is 31.1. The van der Waals surface area contributed by atoms with E-state index in [4.69, 9.17) is 9.72 Å². The van der Waals surface area contributed by atoms with Gasteiger partial charge in [0.2, 0.25) is 0 Å². The van der Waals surface area contributed by atoms with Crippen LogP contribution in [-0.4, -0.2) is 19.3 Å². The number of amides is 1. The summed E-state index contributed by atoms with van der Waals surface area (Å²) < 4.78 is 36.2. The lowest BCUT2D eigenvalue weighted by Gasteiger charge is -2.19. The minimum absolute atomic E-state index is 0.00244. The third-order valence-electron chi connectivity index (χ3n) is 7.30. The van der Waals surface area contributed by atoms with E-state index in [0.717, 1.165) is 31.7 Å². The van der Waals surface area contributed by atoms with Crippen molar-refractivity contribution in [3.05, 3.63) is 125 Å². The summed E-state index contributed by atoms with van der Waals surface area (Å²) in [6.07, 6.45) is -0.328. The lowest BCUT2D eigenvalue weighted by atomic mass is 10.0. The van der Waals surface area contributed by atoms with Crippen LogP contribution in [0.3, 0.4) is 0 Å². The molecule has 6 nitrogen and oxygen atoms in total. The number of aryl methyl sites for hydroxylation is 2. The number of carbonyl (C=O) groups excluding carboxylic acids is 1. The zero-order valence-electron chi connectivity index (χ0n) is 23.3. The molecule has 0 bridgehead atoms. The van der Waals surface area contributed by atoms with E-state index >= 15 is 0 Å². The Morgan fingerprint density at radius 3 is 2.26 bits per heavy atom. The number of hydrogen-bond donors (Lipinski definition) is 1. The number of benzene rings is 4. The third kappa shape index (κ3) is 5.15. The average Bonchev–Trinajstić information content (AvgIpc) is 3.35. The molecule has 1 unspecified atom stereocenters. The Hall–Kier alpha value is -4.53. The first-order valence-corrected chi connectivity index (χ1v) is 15.8. The Morgan fingerprint density at radius 1 is 0.881 bits per heavy atom. The lowest BCUT2D eigenvalue weighted by molar-refractivity contribution is 0.0982. The molecule has 0 saturated carbocycles. The van der Waals surface area contributed by atoms with Crippen LogP contribution in [0.25, 0.3) is 31.6 Å². The van der Waals surface area contributed by atoms with Crippen molar-refractivity contribution >= 4 is 48.3 Å². The van der Waals surface area contributed by atoms with Gasteiger partial charge in [0.05, 0.1) is 31.9 Å². The molecule has 2 heterocycles. The van der Waals surface area contributed by atoms with Crippen LogP contribution in [0, 0.1) is 13.8 Å². The summed E-state index contributed by atoms with van der Waals surface area (Å²) in [6.45, 7) is 5.89. The first-order chi connectivity index (χ1) is 20.2. The molecule has 6 aromatic rings. The van der Waals surface area contributed by atoms with Gasteiger partial charge in [0.25, 0.3) is 15.9 Å². The minimum Gasteiger partial charge on any atom is -0.485 e. The van der Waals surface area contributed by atoms with Gasteiger partial charge in [-0.2, -0.15) is 0 Å². The number of sulfonamides is 1. The molecule has 0 aliphatic carbocycles. The number of pyridine rings is 1. The normalized spacial score (nSPS) is 12.4. The van der Waals surface area contributed by atoms with Gasteiger partial charge < -0.3 is 4.74 Å². The topological polar surface area (TPSA) is 85.4 Å². The molecular formula is C34H28N2O4S2. The van der Waals surface area contributed by atoms with Crippen LogP contribution in [0.15, 0.2) is 108 Å². The second kappa shape index (κ2) is 11.0. The quantitative estimate of drug-likeness (QED) is 0.203. The highest BCUT2D eigenvalue weighted by Gasteiger charge is 2.25. The number of aromatic nitrogens is 1.